The number of rotatable bonds is 1. The Morgan fingerprint density at radius 2 is 2.22 bits per heavy atom. The minimum atomic E-state index is 0.568. The smallest absolute Gasteiger partial charge is 0.146 e. The fourth-order valence-corrected chi connectivity index (χ4v) is 2.85. The number of likely N-dealkylation sites (N-methyl/N-ethyl adjacent to an activating group) is 1. The normalized spacial score (nSPS) is 23.7. The summed E-state index contributed by atoms with van der Waals surface area (Å²) in [5, 5.41) is 0. The second-order valence-corrected chi connectivity index (χ2v) is 5.08. The summed E-state index contributed by atoms with van der Waals surface area (Å²) in [5.41, 5.74) is 1.21. The molecular formula is C14H20N2O2. The Bertz CT molecular complexity index is 436. The summed E-state index contributed by atoms with van der Waals surface area (Å²) in [4.78, 5) is 4.89. The van der Waals surface area contributed by atoms with Crippen LogP contribution >= 0.6 is 0 Å². The highest BCUT2D eigenvalue weighted by molar-refractivity contribution is 5.62. The zero-order valence-corrected chi connectivity index (χ0v) is 11.1. The molecule has 1 aromatic rings. The lowest BCUT2D eigenvalue weighted by Crippen LogP contribution is -2.51. The maximum Gasteiger partial charge on any atom is 0.146 e. The van der Waals surface area contributed by atoms with Crippen LogP contribution in [0.4, 0.5) is 5.69 Å². The Balaban J connectivity index is 1.94. The lowest BCUT2D eigenvalue weighted by Gasteiger charge is -2.40. The lowest BCUT2D eigenvalue weighted by atomic mass is 10.1. The molecular weight excluding hydrogens is 228 g/mol. The van der Waals surface area contributed by atoms with Crippen molar-refractivity contribution >= 4 is 5.69 Å². The Hall–Kier alpha value is -1.42. The Kier molecular flexibility index (Phi) is 3.04. The first-order valence-electron chi connectivity index (χ1n) is 6.54. The van der Waals surface area contributed by atoms with Crippen molar-refractivity contribution in [3.63, 3.8) is 0 Å². The van der Waals surface area contributed by atoms with Gasteiger partial charge in [0.2, 0.25) is 0 Å². The summed E-state index contributed by atoms with van der Waals surface area (Å²) in [7, 11) is 3.88. The van der Waals surface area contributed by atoms with Crippen LogP contribution in [0.2, 0.25) is 0 Å². The second kappa shape index (κ2) is 4.69. The number of hydrogen-bond donors (Lipinski definition) is 0. The molecule has 0 saturated carbocycles. The molecule has 0 bridgehead atoms. The molecule has 0 aliphatic carbocycles. The topological polar surface area (TPSA) is 24.9 Å². The molecule has 2 aliphatic heterocycles. The van der Waals surface area contributed by atoms with Gasteiger partial charge in [-0.05, 0) is 19.2 Å². The SMILES string of the molecule is COc1ccc2c(c1)OCC[C@H]1CN(C)CCN21. The summed E-state index contributed by atoms with van der Waals surface area (Å²) in [6.45, 7) is 4.09. The van der Waals surface area contributed by atoms with Crippen LogP contribution < -0.4 is 14.4 Å². The van der Waals surface area contributed by atoms with Gasteiger partial charge in [-0.1, -0.05) is 0 Å². The number of nitrogens with zero attached hydrogens (tertiary/aromatic N) is 2. The third-order valence-electron chi connectivity index (χ3n) is 3.87. The largest absolute Gasteiger partial charge is 0.497 e. The number of ether oxygens (including phenoxy) is 2. The lowest BCUT2D eigenvalue weighted by molar-refractivity contribution is 0.242. The van der Waals surface area contributed by atoms with Crippen LogP contribution in [0, 0.1) is 0 Å². The van der Waals surface area contributed by atoms with E-state index in [0.717, 1.165) is 44.2 Å². The minimum Gasteiger partial charge on any atom is -0.497 e. The first-order chi connectivity index (χ1) is 8.78. The fourth-order valence-electron chi connectivity index (χ4n) is 2.85. The molecule has 1 fully saturated rings. The number of benzene rings is 1. The summed E-state index contributed by atoms with van der Waals surface area (Å²) in [6.07, 6.45) is 1.08. The van der Waals surface area contributed by atoms with Crippen molar-refractivity contribution < 1.29 is 9.47 Å². The molecule has 98 valence electrons. The highest BCUT2D eigenvalue weighted by Crippen LogP contribution is 2.37. The molecule has 0 unspecified atom stereocenters. The van der Waals surface area contributed by atoms with Crippen LogP contribution in [-0.2, 0) is 0 Å². The molecule has 0 spiro atoms. The quantitative estimate of drug-likeness (QED) is 0.753. The Morgan fingerprint density at radius 1 is 1.33 bits per heavy atom. The number of hydrogen-bond acceptors (Lipinski definition) is 4. The van der Waals surface area contributed by atoms with Gasteiger partial charge in [0.05, 0.1) is 19.4 Å². The maximum atomic E-state index is 5.88. The first-order valence-corrected chi connectivity index (χ1v) is 6.54. The molecule has 0 N–H and O–H groups in total. The summed E-state index contributed by atoms with van der Waals surface area (Å²) in [5.74, 6) is 1.82. The van der Waals surface area contributed by atoms with Crippen molar-refractivity contribution in [3.05, 3.63) is 18.2 Å². The van der Waals surface area contributed by atoms with E-state index >= 15 is 0 Å². The first kappa shape index (κ1) is 11.7. The highest BCUT2D eigenvalue weighted by Gasteiger charge is 2.29. The van der Waals surface area contributed by atoms with E-state index in [9.17, 15) is 0 Å². The van der Waals surface area contributed by atoms with Gasteiger partial charge in [0.1, 0.15) is 11.5 Å². The average molecular weight is 248 g/mol. The van der Waals surface area contributed by atoms with E-state index in [1.807, 2.05) is 12.1 Å². The molecule has 1 atom stereocenters. The molecule has 4 nitrogen and oxygen atoms in total. The predicted molar refractivity (Wildman–Crippen MR) is 71.7 cm³/mol. The van der Waals surface area contributed by atoms with Crippen LogP contribution in [0.1, 0.15) is 6.42 Å². The molecule has 1 saturated heterocycles. The summed E-state index contributed by atoms with van der Waals surface area (Å²) < 4.78 is 11.1. The molecule has 3 rings (SSSR count). The van der Waals surface area contributed by atoms with Gasteiger partial charge in [0.25, 0.3) is 0 Å². The molecule has 18 heavy (non-hydrogen) atoms. The van der Waals surface area contributed by atoms with Gasteiger partial charge in [0.15, 0.2) is 0 Å². The van der Waals surface area contributed by atoms with Crippen LogP contribution in [0.15, 0.2) is 18.2 Å². The standard InChI is InChI=1S/C14H20N2O2/c1-15-6-7-16-11(10-15)5-8-18-14-9-12(17-2)3-4-13(14)16/h3-4,9,11H,5-8,10H2,1-2H3/t11-/m0/s1. The van der Waals surface area contributed by atoms with Gasteiger partial charge in [-0.3, -0.25) is 0 Å². The van der Waals surface area contributed by atoms with Gasteiger partial charge in [-0.15, -0.1) is 0 Å². The second-order valence-electron chi connectivity index (χ2n) is 5.08. The Labute approximate surface area is 108 Å². The predicted octanol–water partition coefficient (Wildman–Crippen LogP) is 1.60. The van der Waals surface area contributed by atoms with Crippen molar-refractivity contribution in [1.82, 2.24) is 4.90 Å². The van der Waals surface area contributed by atoms with Crippen LogP contribution in [0.25, 0.3) is 0 Å². The van der Waals surface area contributed by atoms with Crippen molar-refractivity contribution in [2.45, 2.75) is 12.5 Å². The third-order valence-corrected chi connectivity index (χ3v) is 3.87. The van der Waals surface area contributed by atoms with Crippen molar-refractivity contribution in [2.75, 3.05) is 45.3 Å². The van der Waals surface area contributed by atoms with E-state index in [-0.39, 0.29) is 0 Å². The number of methoxy groups -OCH3 is 1. The molecule has 0 amide bonds. The van der Waals surface area contributed by atoms with E-state index < -0.39 is 0 Å². The van der Waals surface area contributed by atoms with Crippen LogP contribution in [-0.4, -0.2) is 51.3 Å². The summed E-state index contributed by atoms with van der Waals surface area (Å²) >= 11 is 0. The van der Waals surface area contributed by atoms with E-state index in [4.69, 9.17) is 9.47 Å². The van der Waals surface area contributed by atoms with Gasteiger partial charge < -0.3 is 19.3 Å². The molecule has 2 aliphatic rings. The van der Waals surface area contributed by atoms with E-state index in [2.05, 4.69) is 22.9 Å². The number of fused-ring (bicyclic) bond motifs is 3. The highest BCUT2D eigenvalue weighted by atomic mass is 16.5. The van der Waals surface area contributed by atoms with Gasteiger partial charge in [0, 0.05) is 38.2 Å². The fraction of sp³-hybridized carbons (Fsp3) is 0.571. The van der Waals surface area contributed by atoms with Gasteiger partial charge in [-0.25, -0.2) is 0 Å². The molecule has 1 aromatic carbocycles. The Morgan fingerprint density at radius 3 is 3.06 bits per heavy atom. The van der Waals surface area contributed by atoms with Crippen molar-refractivity contribution in [2.24, 2.45) is 0 Å². The van der Waals surface area contributed by atoms with E-state index in [1.165, 1.54) is 5.69 Å². The number of piperazine rings is 1. The third kappa shape index (κ3) is 2.01. The maximum absolute atomic E-state index is 5.88. The minimum absolute atomic E-state index is 0.568. The average Bonchev–Trinajstić information content (AvgIpc) is 2.56. The molecule has 4 heteroatoms. The van der Waals surface area contributed by atoms with Gasteiger partial charge in [-0.2, -0.15) is 0 Å². The van der Waals surface area contributed by atoms with Gasteiger partial charge >= 0.3 is 0 Å². The van der Waals surface area contributed by atoms with Crippen molar-refractivity contribution in [3.8, 4) is 11.5 Å². The zero-order chi connectivity index (χ0) is 12.5. The van der Waals surface area contributed by atoms with Crippen LogP contribution in [0.3, 0.4) is 0 Å². The molecule has 0 radical (unpaired) electrons. The number of anilines is 1. The zero-order valence-electron chi connectivity index (χ0n) is 11.1. The van der Waals surface area contributed by atoms with E-state index in [0.29, 0.717) is 6.04 Å². The van der Waals surface area contributed by atoms with Crippen molar-refractivity contribution in [1.29, 1.82) is 0 Å². The van der Waals surface area contributed by atoms with Crippen LogP contribution in [0.5, 0.6) is 11.5 Å². The molecule has 2 heterocycles. The molecule has 0 aromatic heterocycles. The summed E-state index contributed by atoms with van der Waals surface area (Å²) in [6, 6.07) is 6.70. The monoisotopic (exact) mass is 248 g/mol. The van der Waals surface area contributed by atoms with E-state index in [1.54, 1.807) is 7.11 Å².